The van der Waals surface area contributed by atoms with Gasteiger partial charge in [0.15, 0.2) is 0 Å². The highest BCUT2D eigenvalue weighted by Gasteiger charge is 2.13. The molecule has 0 atom stereocenters. The summed E-state index contributed by atoms with van der Waals surface area (Å²) in [5, 5.41) is 2.82. The molecule has 5 heteroatoms. The van der Waals surface area contributed by atoms with Gasteiger partial charge < -0.3 is 19.7 Å². The van der Waals surface area contributed by atoms with Crippen molar-refractivity contribution in [1.29, 1.82) is 0 Å². The van der Waals surface area contributed by atoms with Gasteiger partial charge in [0.05, 0.1) is 19.9 Å². The predicted molar refractivity (Wildman–Crippen MR) is 71.5 cm³/mol. The average molecular weight is 252 g/mol. The van der Waals surface area contributed by atoms with Crippen LogP contribution in [0.15, 0.2) is 18.2 Å². The van der Waals surface area contributed by atoms with E-state index in [2.05, 4.69) is 5.32 Å². The third-order valence-corrected chi connectivity index (χ3v) is 2.70. The number of nitrogens with one attached hydrogen (secondary N) is 1. The number of methoxy groups -OCH3 is 2. The van der Waals surface area contributed by atoms with Crippen molar-refractivity contribution < 1.29 is 14.3 Å². The van der Waals surface area contributed by atoms with E-state index in [-0.39, 0.29) is 6.03 Å². The normalized spacial score (nSPS) is 9.78. The van der Waals surface area contributed by atoms with Crippen molar-refractivity contribution in [2.45, 2.75) is 13.8 Å². The molecule has 0 aromatic heterocycles. The summed E-state index contributed by atoms with van der Waals surface area (Å²) in [6.07, 6.45) is 0. The second kappa shape index (κ2) is 6.74. The molecule has 0 aliphatic heterocycles. The fraction of sp³-hybridized carbons (Fsp3) is 0.462. The lowest BCUT2D eigenvalue weighted by Gasteiger charge is -2.20. The minimum absolute atomic E-state index is 0.147. The zero-order valence-electron chi connectivity index (χ0n) is 11.3. The third kappa shape index (κ3) is 3.29. The molecule has 1 N–H and O–H groups in total. The highest BCUT2D eigenvalue weighted by atomic mass is 16.5. The van der Waals surface area contributed by atoms with Gasteiger partial charge in [-0.2, -0.15) is 0 Å². The monoisotopic (exact) mass is 252 g/mol. The van der Waals surface area contributed by atoms with Gasteiger partial charge in [-0.1, -0.05) is 0 Å². The smallest absolute Gasteiger partial charge is 0.321 e. The van der Waals surface area contributed by atoms with Crippen LogP contribution in [0.3, 0.4) is 0 Å². The number of benzene rings is 1. The molecule has 2 amide bonds. The van der Waals surface area contributed by atoms with Crippen LogP contribution in [0.4, 0.5) is 10.5 Å². The zero-order chi connectivity index (χ0) is 13.5. The summed E-state index contributed by atoms with van der Waals surface area (Å²) in [6.45, 7) is 5.20. The molecule has 0 bridgehead atoms. The Labute approximate surface area is 108 Å². The number of anilines is 1. The SMILES string of the molecule is CCN(CC)C(=O)Nc1cc(OC)ccc1OC. The van der Waals surface area contributed by atoms with Crippen molar-refractivity contribution >= 4 is 11.7 Å². The first kappa shape index (κ1) is 14.2. The minimum atomic E-state index is -0.147. The number of amides is 2. The van der Waals surface area contributed by atoms with Crippen molar-refractivity contribution in [3.63, 3.8) is 0 Å². The standard InChI is InChI=1S/C13H20N2O3/c1-5-15(6-2)13(16)14-11-9-10(17-3)7-8-12(11)18-4/h7-9H,5-6H2,1-4H3,(H,14,16). The van der Waals surface area contributed by atoms with Gasteiger partial charge in [0, 0.05) is 19.2 Å². The maximum atomic E-state index is 12.0. The van der Waals surface area contributed by atoms with Crippen LogP contribution in [0.2, 0.25) is 0 Å². The van der Waals surface area contributed by atoms with Crippen LogP contribution in [-0.4, -0.2) is 38.2 Å². The van der Waals surface area contributed by atoms with Gasteiger partial charge in [0.2, 0.25) is 0 Å². The maximum Gasteiger partial charge on any atom is 0.321 e. The number of hydrogen-bond donors (Lipinski definition) is 1. The van der Waals surface area contributed by atoms with E-state index in [1.807, 2.05) is 13.8 Å². The first-order valence-electron chi connectivity index (χ1n) is 5.94. The molecule has 0 radical (unpaired) electrons. The predicted octanol–water partition coefficient (Wildman–Crippen LogP) is 2.58. The second-order valence-electron chi connectivity index (χ2n) is 3.67. The fourth-order valence-electron chi connectivity index (χ4n) is 1.62. The first-order valence-corrected chi connectivity index (χ1v) is 5.94. The summed E-state index contributed by atoms with van der Waals surface area (Å²) >= 11 is 0. The number of ether oxygens (including phenoxy) is 2. The zero-order valence-corrected chi connectivity index (χ0v) is 11.3. The Bertz CT molecular complexity index is 403. The molecule has 1 aromatic carbocycles. The van der Waals surface area contributed by atoms with E-state index in [1.165, 1.54) is 0 Å². The molecular formula is C13H20N2O3. The van der Waals surface area contributed by atoms with Crippen LogP contribution in [-0.2, 0) is 0 Å². The van der Waals surface area contributed by atoms with E-state index in [4.69, 9.17) is 9.47 Å². The van der Waals surface area contributed by atoms with Crippen molar-refractivity contribution in [3.8, 4) is 11.5 Å². The summed E-state index contributed by atoms with van der Waals surface area (Å²) in [5.41, 5.74) is 0.605. The van der Waals surface area contributed by atoms with E-state index >= 15 is 0 Å². The molecule has 0 heterocycles. The Morgan fingerprint density at radius 1 is 1.22 bits per heavy atom. The van der Waals surface area contributed by atoms with E-state index in [1.54, 1.807) is 37.3 Å². The van der Waals surface area contributed by atoms with Crippen LogP contribution in [0.5, 0.6) is 11.5 Å². The van der Waals surface area contributed by atoms with E-state index in [0.717, 1.165) is 0 Å². The van der Waals surface area contributed by atoms with E-state index < -0.39 is 0 Å². The van der Waals surface area contributed by atoms with Gasteiger partial charge in [-0.25, -0.2) is 4.79 Å². The Kier molecular flexibility index (Phi) is 5.30. The molecular weight excluding hydrogens is 232 g/mol. The summed E-state index contributed by atoms with van der Waals surface area (Å²) < 4.78 is 10.3. The number of carbonyl (C=O) groups is 1. The van der Waals surface area contributed by atoms with E-state index in [0.29, 0.717) is 30.3 Å². The van der Waals surface area contributed by atoms with Crippen molar-refractivity contribution in [1.82, 2.24) is 4.90 Å². The quantitative estimate of drug-likeness (QED) is 0.876. The molecule has 0 saturated carbocycles. The molecule has 18 heavy (non-hydrogen) atoms. The van der Waals surface area contributed by atoms with Crippen molar-refractivity contribution in [2.75, 3.05) is 32.6 Å². The van der Waals surface area contributed by atoms with Crippen LogP contribution in [0.25, 0.3) is 0 Å². The number of rotatable bonds is 5. The molecule has 0 spiro atoms. The second-order valence-corrected chi connectivity index (χ2v) is 3.67. The number of nitrogens with zero attached hydrogens (tertiary/aromatic N) is 1. The molecule has 100 valence electrons. The Morgan fingerprint density at radius 2 is 1.89 bits per heavy atom. The van der Waals surface area contributed by atoms with Crippen LogP contribution < -0.4 is 14.8 Å². The van der Waals surface area contributed by atoms with Gasteiger partial charge in [0.25, 0.3) is 0 Å². The number of urea groups is 1. The third-order valence-electron chi connectivity index (χ3n) is 2.70. The topological polar surface area (TPSA) is 50.8 Å². The van der Waals surface area contributed by atoms with E-state index in [9.17, 15) is 4.79 Å². The fourth-order valence-corrected chi connectivity index (χ4v) is 1.62. The molecule has 0 aliphatic carbocycles. The largest absolute Gasteiger partial charge is 0.497 e. The highest BCUT2D eigenvalue weighted by molar-refractivity contribution is 5.91. The first-order chi connectivity index (χ1) is 8.65. The summed E-state index contributed by atoms with van der Waals surface area (Å²) in [4.78, 5) is 13.7. The average Bonchev–Trinajstić information content (AvgIpc) is 2.40. The van der Waals surface area contributed by atoms with Gasteiger partial charge in [0.1, 0.15) is 11.5 Å². The van der Waals surface area contributed by atoms with Crippen molar-refractivity contribution in [3.05, 3.63) is 18.2 Å². The summed E-state index contributed by atoms with van der Waals surface area (Å²) in [6, 6.07) is 5.13. The lowest BCUT2D eigenvalue weighted by atomic mass is 10.2. The van der Waals surface area contributed by atoms with Gasteiger partial charge in [-0.15, -0.1) is 0 Å². The highest BCUT2D eigenvalue weighted by Crippen LogP contribution is 2.29. The lowest BCUT2D eigenvalue weighted by molar-refractivity contribution is 0.217. The molecule has 0 unspecified atom stereocenters. The molecule has 5 nitrogen and oxygen atoms in total. The Morgan fingerprint density at radius 3 is 2.39 bits per heavy atom. The lowest BCUT2D eigenvalue weighted by Crippen LogP contribution is -2.34. The van der Waals surface area contributed by atoms with Crippen LogP contribution in [0.1, 0.15) is 13.8 Å². The molecule has 1 rings (SSSR count). The Balaban J connectivity index is 2.91. The molecule has 0 fully saturated rings. The number of hydrogen-bond acceptors (Lipinski definition) is 3. The van der Waals surface area contributed by atoms with Crippen molar-refractivity contribution in [2.24, 2.45) is 0 Å². The summed E-state index contributed by atoms with van der Waals surface area (Å²) in [7, 11) is 3.15. The molecule has 0 aliphatic rings. The molecule has 0 saturated heterocycles. The number of carbonyl (C=O) groups excluding carboxylic acids is 1. The van der Waals surface area contributed by atoms with Gasteiger partial charge >= 0.3 is 6.03 Å². The maximum absolute atomic E-state index is 12.0. The van der Waals surface area contributed by atoms with Crippen LogP contribution >= 0.6 is 0 Å². The molecule has 1 aromatic rings. The van der Waals surface area contributed by atoms with Gasteiger partial charge in [-0.05, 0) is 26.0 Å². The van der Waals surface area contributed by atoms with Crippen LogP contribution in [0, 0.1) is 0 Å². The summed E-state index contributed by atoms with van der Waals surface area (Å²) in [5.74, 6) is 1.28. The minimum Gasteiger partial charge on any atom is -0.497 e. The van der Waals surface area contributed by atoms with Gasteiger partial charge in [-0.3, -0.25) is 0 Å². The Hall–Kier alpha value is -1.91.